The highest BCUT2D eigenvalue weighted by Gasteiger charge is 2.17. The molecule has 7 nitrogen and oxygen atoms in total. The summed E-state index contributed by atoms with van der Waals surface area (Å²) in [5.74, 6) is -0.187. The number of carbonyl (C=O) groups excluding carboxylic acids is 2. The maximum atomic E-state index is 12.5. The molecule has 0 spiro atoms. The van der Waals surface area contributed by atoms with Gasteiger partial charge in [0.15, 0.2) is 0 Å². The van der Waals surface area contributed by atoms with Crippen molar-refractivity contribution in [2.45, 2.75) is 33.2 Å². The molecule has 0 fully saturated rings. The number of aromatic nitrogens is 3. The van der Waals surface area contributed by atoms with E-state index in [4.69, 9.17) is 0 Å². The van der Waals surface area contributed by atoms with Gasteiger partial charge in [-0.1, -0.05) is 12.1 Å². The highest BCUT2D eigenvalue weighted by atomic mass is 16.2. The first kappa shape index (κ1) is 17.7. The van der Waals surface area contributed by atoms with Crippen LogP contribution in [0.3, 0.4) is 0 Å². The van der Waals surface area contributed by atoms with E-state index in [1.54, 1.807) is 34.1 Å². The van der Waals surface area contributed by atoms with Crippen molar-refractivity contribution in [3.05, 3.63) is 42.5 Å². The molecular weight excluding hydrogens is 306 g/mol. The SMILES string of the molecule is CCN(CC)C(=O)c1ccccc1NC(=O)CCCn1cncn1. The van der Waals surface area contributed by atoms with E-state index in [9.17, 15) is 9.59 Å². The molecule has 2 rings (SSSR count). The van der Waals surface area contributed by atoms with Crippen LogP contribution >= 0.6 is 0 Å². The van der Waals surface area contributed by atoms with Crippen molar-refractivity contribution in [3.63, 3.8) is 0 Å². The summed E-state index contributed by atoms with van der Waals surface area (Å²) in [7, 11) is 0. The van der Waals surface area contributed by atoms with E-state index in [1.165, 1.54) is 6.33 Å². The largest absolute Gasteiger partial charge is 0.339 e. The summed E-state index contributed by atoms with van der Waals surface area (Å²) >= 11 is 0. The van der Waals surface area contributed by atoms with Gasteiger partial charge in [-0.15, -0.1) is 0 Å². The number of para-hydroxylation sites is 1. The molecule has 0 aliphatic heterocycles. The van der Waals surface area contributed by atoms with E-state index in [0.29, 0.717) is 43.7 Å². The van der Waals surface area contributed by atoms with Gasteiger partial charge in [-0.05, 0) is 32.4 Å². The molecule has 0 saturated carbocycles. The second-order valence-electron chi connectivity index (χ2n) is 5.33. The Morgan fingerprint density at radius 1 is 1.21 bits per heavy atom. The number of aryl methyl sites for hydroxylation is 1. The van der Waals surface area contributed by atoms with Crippen molar-refractivity contribution in [1.29, 1.82) is 0 Å². The fraction of sp³-hybridized carbons (Fsp3) is 0.412. The van der Waals surface area contributed by atoms with Gasteiger partial charge >= 0.3 is 0 Å². The maximum Gasteiger partial charge on any atom is 0.255 e. The standard InChI is InChI=1S/C17H23N5O2/c1-3-21(4-2)17(24)14-8-5-6-9-15(14)20-16(23)10-7-11-22-13-18-12-19-22/h5-6,8-9,12-13H,3-4,7,10-11H2,1-2H3,(H,20,23). The minimum atomic E-state index is -0.116. The molecule has 1 heterocycles. The van der Waals surface area contributed by atoms with Crippen LogP contribution in [0.4, 0.5) is 5.69 Å². The molecule has 128 valence electrons. The molecule has 0 unspecified atom stereocenters. The van der Waals surface area contributed by atoms with E-state index in [2.05, 4.69) is 15.4 Å². The molecular formula is C17H23N5O2. The van der Waals surface area contributed by atoms with Crippen LogP contribution < -0.4 is 5.32 Å². The average molecular weight is 329 g/mol. The minimum Gasteiger partial charge on any atom is -0.339 e. The number of nitrogens with zero attached hydrogens (tertiary/aromatic N) is 4. The maximum absolute atomic E-state index is 12.5. The van der Waals surface area contributed by atoms with Crippen LogP contribution in [-0.2, 0) is 11.3 Å². The van der Waals surface area contributed by atoms with E-state index in [1.807, 2.05) is 19.9 Å². The first-order valence-electron chi connectivity index (χ1n) is 8.16. The number of nitrogens with one attached hydrogen (secondary N) is 1. The van der Waals surface area contributed by atoms with Crippen molar-refractivity contribution in [2.24, 2.45) is 0 Å². The number of amides is 2. The molecule has 1 aromatic carbocycles. The lowest BCUT2D eigenvalue weighted by molar-refractivity contribution is -0.116. The molecule has 0 bridgehead atoms. The van der Waals surface area contributed by atoms with Crippen LogP contribution in [0.5, 0.6) is 0 Å². The van der Waals surface area contributed by atoms with Crippen LogP contribution in [0.25, 0.3) is 0 Å². The topological polar surface area (TPSA) is 80.1 Å². The molecule has 0 radical (unpaired) electrons. The third-order valence-corrected chi connectivity index (χ3v) is 3.74. The number of hydrogen-bond acceptors (Lipinski definition) is 4. The summed E-state index contributed by atoms with van der Waals surface area (Å²) in [5.41, 5.74) is 1.07. The summed E-state index contributed by atoms with van der Waals surface area (Å²) in [6.45, 7) is 5.78. The van der Waals surface area contributed by atoms with Gasteiger partial charge in [-0.2, -0.15) is 5.10 Å². The molecule has 1 aromatic heterocycles. The molecule has 24 heavy (non-hydrogen) atoms. The molecule has 2 amide bonds. The van der Waals surface area contributed by atoms with Gasteiger partial charge in [0.2, 0.25) is 5.91 Å². The van der Waals surface area contributed by atoms with Crippen LogP contribution in [0.15, 0.2) is 36.9 Å². The van der Waals surface area contributed by atoms with Crippen LogP contribution in [0.1, 0.15) is 37.0 Å². The number of rotatable bonds is 8. The molecule has 0 aliphatic rings. The Bertz CT molecular complexity index is 665. The Morgan fingerprint density at radius 3 is 2.62 bits per heavy atom. The second-order valence-corrected chi connectivity index (χ2v) is 5.33. The lowest BCUT2D eigenvalue weighted by Crippen LogP contribution is -2.31. The zero-order valence-corrected chi connectivity index (χ0v) is 14.1. The van der Waals surface area contributed by atoms with Gasteiger partial charge in [0.25, 0.3) is 5.91 Å². The lowest BCUT2D eigenvalue weighted by Gasteiger charge is -2.20. The molecule has 7 heteroatoms. The number of carbonyl (C=O) groups is 2. The quantitative estimate of drug-likeness (QED) is 0.805. The van der Waals surface area contributed by atoms with Crippen molar-refractivity contribution < 1.29 is 9.59 Å². The van der Waals surface area contributed by atoms with Gasteiger partial charge in [0.1, 0.15) is 12.7 Å². The predicted molar refractivity (Wildman–Crippen MR) is 91.6 cm³/mol. The molecule has 2 aromatic rings. The zero-order valence-electron chi connectivity index (χ0n) is 14.1. The average Bonchev–Trinajstić information content (AvgIpc) is 3.09. The first-order chi connectivity index (χ1) is 11.7. The first-order valence-corrected chi connectivity index (χ1v) is 8.16. The van der Waals surface area contributed by atoms with Crippen molar-refractivity contribution in [1.82, 2.24) is 19.7 Å². The van der Waals surface area contributed by atoms with Crippen LogP contribution in [0, 0.1) is 0 Å². The molecule has 0 atom stereocenters. The Morgan fingerprint density at radius 2 is 1.96 bits per heavy atom. The predicted octanol–water partition coefficient (Wildman–Crippen LogP) is 2.18. The van der Waals surface area contributed by atoms with E-state index in [0.717, 1.165) is 0 Å². The fourth-order valence-electron chi connectivity index (χ4n) is 2.42. The number of anilines is 1. The van der Waals surface area contributed by atoms with Gasteiger partial charge in [0.05, 0.1) is 11.3 Å². The van der Waals surface area contributed by atoms with E-state index >= 15 is 0 Å². The summed E-state index contributed by atoms with van der Waals surface area (Å²) in [4.78, 5) is 30.3. The van der Waals surface area contributed by atoms with E-state index < -0.39 is 0 Å². The Kier molecular flexibility index (Phi) is 6.48. The third kappa shape index (κ3) is 4.65. The van der Waals surface area contributed by atoms with Crippen molar-refractivity contribution in [2.75, 3.05) is 18.4 Å². The molecule has 1 N–H and O–H groups in total. The Balaban J connectivity index is 1.96. The van der Waals surface area contributed by atoms with Crippen LogP contribution in [0.2, 0.25) is 0 Å². The highest BCUT2D eigenvalue weighted by molar-refractivity contribution is 6.03. The molecule has 0 aliphatic carbocycles. The second kappa shape index (κ2) is 8.81. The van der Waals surface area contributed by atoms with Gasteiger partial charge in [-0.25, -0.2) is 4.98 Å². The van der Waals surface area contributed by atoms with Gasteiger partial charge in [-0.3, -0.25) is 14.3 Å². The highest BCUT2D eigenvalue weighted by Crippen LogP contribution is 2.18. The normalized spacial score (nSPS) is 10.4. The number of benzene rings is 1. The summed E-state index contributed by atoms with van der Waals surface area (Å²) < 4.78 is 1.69. The minimum absolute atomic E-state index is 0.0708. The smallest absolute Gasteiger partial charge is 0.255 e. The number of hydrogen-bond donors (Lipinski definition) is 1. The summed E-state index contributed by atoms with van der Waals surface area (Å²) in [5, 5.41) is 6.84. The van der Waals surface area contributed by atoms with Crippen molar-refractivity contribution >= 4 is 17.5 Å². The molecule has 0 saturated heterocycles. The zero-order chi connectivity index (χ0) is 17.4. The summed E-state index contributed by atoms with van der Waals surface area (Å²) in [6, 6.07) is 7.11. The van der Waals surface area contributed by atoms with Crippen LogP contribution in [-0.4, -0.2) is 44.6 Å². The van der Waals surface area contributed by atoms with Gasteiger partial charge < -0.3 is 10.2 Å². The fourth-order valence-corrected chi connectivity index (χ4v) is 2.42. The Hall–Kier alpha value is -2.70. The van der Waals surface area contributed by atoms with E-state index in [-0.39, 0.29) is 11.8 Å². The van der Waals surface area contributed by atoms with Gasteiger partial charge in [0, 0.05) is 26.1 Å². The van der Waals surface area contributed by atoms with Crippen molar-refractivity contribution in [3.8, 4) is 0 Å². The summed E-state index contributed by atoms with van der Waals surface area (Å²) in [6.07, 6.45) is 4.10. The monoisotopic (exact) mass is 329 g/mol. The lowest BCUT2D eigenvalue weighted by atomic mass is 10.1. The Labute approximate surface area is 141 Å². The third-order valence-electron chi connectivity index (χ3n) is 3.74.